The summed E-state index contributed by atoms with van der Waals surface area (Å²) in [6, 6.07) is 15.8. The summed E-state index contributed by atoms with van der Waals surface area (Å²) in [7, 11) is 0. The average molecular weight is 357 g/mol. The molecule has 6 heteroatoms. The zero-order valence-corrected chi connectivity index (χ0v) is 13.5. The molecule has 0 saturated heterocycles. The third kappa shape index (κ3) is 2.53. The fourth-order valence-corrected chi connectivity index (χ4v) is 3.08. The van der Waals surface area contributed by atoms with E-state index in [1.54, 1.807) is 12.1 Å². The molecule has 3 nitrogen and oxygen atoms in total. The molecular formula is C19H11ClF2N2O. The fourth-order valence-electron chi connectivity index (χ4n) is 2.79. The molecule has 3 aromatic carbocycles. The monoisotopic (exact) mass is 356 g/mol. The van der Waals surface area contributed by atoms with Crippen molar-refractivity contribution in [3.63, 3.8) is 0 Å². The molecule has 0 unspecified atom stereocenters. The highest BCUT2D eigenvalue weighted by molar-refractivity contribution is 6.33. The molecule has 4 rings (SSSR count). The Kier molecular flexibility index (Phi) is 3.66. The van der Waals surface area contributed by atoms with Crippen LogP contribution in [0.3, 0.4) is 0 Å². The summed E-state index contributed by atoms with van der Waals surface area (Å²) in [5.74, 6) is -3.11. The van der Waals surface area contributed by atoms with Gasteiger partial charge in [0.2, 0.25) is 0 Å². The topological polar surface area (TPSA) is 38.1 Å². The van der Waals surface area contributed by atoms with Gasteiger partial charge in [0.15, 0.2) is 17.4 Å². The van der Waals surface area contributed by atoms with Gasteiger partial charge < -0.3 is 5.11 Å². The van der Waals surface area contributed by atoms with Crippen molar-refractivity contribution in [2.24, 2.45) is 0 Å². The standard InChI is InChI=1S/C19H11ClF2N2O/c20-15-9-13(6-7-14(15)11-4-2-1-3-5-11)24-18-12(10-23-24)8-16(21)19(25)17(18)22/h1-10,25H. The van der Waals surface area contributed by atoms with Crippen LogP contribution >= 0.6 is 11.6 Å². The fraction of sp³-hybridized carbons (Fsp3) is 0. The van der Waals surface area contributed by atoms with E-state index in [0.717, 1.165) is 17.2 Å². The summed E-state index contributed by atoms with van der Waals surface area (Å²) in [5.41, 5.74) is 2.28. The first-order valence-corrected chi connectivity index (χ1v) is 7.84. The number of nitrogens with zero attached hydrogens (tertiary/aromatic N) is 2. The normalized spacial score (nSPS) is 11.2. The molecule has 4 aromatic rings. The molecule has 0 spiro atoms. The lowest BCUT2D eigenvalue weighted by Crippen LogP contribution is -1.99. The first-order valence-electron chi connectivity index (χ1n) is 7.46. The van der Waals surface area contributed by atoms with E-state index in [9.17, 15) is 13.9 Å². The van der Waals surface area contributed by atoms with E-state index in [1.165, 1.54) is 10.9 Å². The quantitative estimate of drug-likeness (QED) is 0.527. The molecule has 0 aliphatic heterocycles. The van der Waals surface area contributed by atoms with Crippen LogP contribution in [0.25, 0.3) is 27.7 Å². The number of aromatic hydroxyl groups is 1. The van der Waals surface area contributed by atoms with Crippen LogP contribution in [0.4, 0.5) is 8.78 Å². The maximum atomic E-state index is 14.3. The first-order chi connectivity index (χ1) is 12.1. The van der Waals surface area contributed by atoms with Gasteiger partial charge in [-0.05, 0) is 23.8 Å². The molecule has 25 heavy (non-hydrogen) atoms. The average Bonchev–Trinajstić information content (AvgIpc) is 3.04. The number of halogens is 3. The summed E-state index contributed by atoms with van der Waals surface area (Å²) < 4.78 is 29.1. The smallest absolute Gasteiger partial charge is 0.194 e. The second-order valence-corrected chi connectivity index (χ2v) is 5.95. The van der Waals surface area contributed by atoms with E-state index in [2.05, 4.69) is 5.10 Å². The Hall–Kier alpha value is -2.92. The largest absolute Gasteiger partial charge is 0.503 e. The third-order valence-electron chi connectivity index (χ3n) is 4.00. The van der Waals surface area contributed by atoms with Crippen molar-refractivity contribution in [1.29, 1.82) is 0 Å². The van der Waals surface area contributed by atoms with Crippen LogP contribution in [0.15, 0.2) is 60.8 Å². The van der Waals surface area contributed by atoms with E-state index in [1.807, 2.05) is 36.4 Å². The maximum Gasteiger partial charge on any atom is 0.194 e. The van der Waals surface area contributed by atoms with Gasteiger partial charge in [-0.25, -0.2) is 13.5 Å². The maximum absolute atomic E-state index is 14.3. The summed E-state index contributed by atoms with van der Waals surface area (Å²) in [6.45, 7) is 0. The molecule has 124 valence electrons. The number of hydrogen-bond donors (Lipinski definition) is 1. The van der Waals surface area contributed by atoms with Gasteiger partial charge in [0.05, 0.1) is 16.9 Å². The first kappa shape index (κ1) is 15.6. The number of phenols is 1. The van der Waals surface area contributed by atoms with Crippen molar-refractivity contribution in [3.8, 4) is 22.6 Å². The van der Waals surface area contributed by atoms with Crippen LogP contribution in [-0.2, 0) is 0 Å². The van der Waals surface area contributed by atoms with E-state index in [4.69, 9.17) is 11.6 Å². The molecule has 1 N–H and O–H groups in total. The Bertz CT molecular complexity index is 1090. The minimum absolute atomic E-state index is 0.0116. The molecule has 0 atom stereocenters. The minimum atomic E-state index is -1.06. The van der Waals surface area contributed by atoms with Crippen LogP contribution in [-0.4, -0.2) is 14.9 Å². The molecular weight excluding hydrogens is 346 g/mol. The molecule has 1 aromatic heterocycles. The van der Waals surface area contributed by atoms with Crippen LogP contribution in [0, 0.1) is 11.6 Å². The van der Waals surface area contributed by atoms with Crippen molar-refractivity contribution < 1.29 is 13.9 Å². The zero-order chi connectivity index (χ0) is 17.6. The van der Waals surface area contributed by atoms with Crippen molar-refractivity contribution in [2.75, 3.05) is 0 Å². The highest BCUT2D eigenvalue weighted by Gasteiger charge is 2.18. The van der Waals surface area contributed by atoms with Crippen molar-refractivity contribution >= 4 is 22.5 Å². The molecule has 0 amide bonds. The molecule has 0 saturated carbocycles. The zero-order valence-electron chi connectivity index (χ0n) is 12.7. The summed E-state index contributed by atoms with van der Waals surface area (Å²) >= 11 is 6.38. The van der Waals surface area contributed by atoms with Gasteiger partial charge in [-0.15, -0.1) is 0 Å². The molecule has 1 heterocycles. The Morgan fingerprint density at radius 3 is 2.48 bits per heavy atom. The van der Waals surface area contributed by atoms with E-state index in [-0.39, 0.29) is 10.9 Å². The van der Waals surface area contributed by atoms with E-state index in [0.29, 0.717) is 10.7 Å². The lowest BCUT2D eigenvalue weighted by Gasteiger charge is -2.09. The predicted molar refractivity (Wildman–Crippen MR) is 93.1 cm³/mol. The van der Waals surface area contributed by atoms with Crippen LogP contribution in [0.2, 0.25) is 5.02 Å². The van der Waals surface area contributed by atoms with Gasteiger partial charge in [-0.2, -0.15) is 5.10 Å². The highest BCUT2D eigenvalue weighted by Crippen LogP contribution is 2.33. The number of hydrogen-bond acceptors (Lipinski definition) is 2. The second kappa shape index (κ2) is 5.86. The lowest BCUT2D eigenvalue weighted by molar-refractivity contribution is 0.399. The number of benzene rings is 3. The Morgan fingerprint density at radius 1 is 1.00 bits per heavy atom. The Morgan fingerprint density at radius 2 is 1.76 bits per heavy atom. The molecule has 0 fully saturated rings. The van der Waals surface area contributed by atoms with Gasteiger partial charge in [0, 0.05) is 10.9 Å². The number of fused-ring (bicyclic) bond motifs is 1. The third-order valence-corrected chi connectivity index (χ3v) is 4.32. The molecule has 0 radical (unpaired) electrons. The van der Waals surface area contributed by atoms with Crippen molar-refractivity contribution in [1.82, 2.24) is 9.78 Å². The van der Waals surface area contributed by atoms with Gasteiger partial charge in [0.25, 0.3) is 0 Å². The lowest BCUT2D eigenvalue weighted by atomic mass is 10.1. The van der Waals surface area contributed by atoms with Crippen LogP contribution < -0.4 is 0 Å². The number of rotatable bonds is 2. The minimum Gasteiger partial charge on any atom is -0.503 e. The summed E-state index contributed by atoms with van der Waals surface area (Å²) in [5, 5.41) is 14.3. The predicted octanol–water partition coefficient (Wildman–Crippen LogP) is 5.33. The number of aromatic nitrogens is 2. The highest BCUT2D eigenvalue weighted by atomic mass is 35.5. The van der Waals surface area contributed by atoms with Crippen molar-refractivity contribution in [2.45, 2.75) is 0 Å². The Labute approximate surface area is 146 Å². The molecule has 0 aliphatic carbocycles. The molecule has 0 aliphatic rings. The summed E-state index contributed by atoms with van der Waals surface area (Å²) in [4.78, 5) is 0. The van der Waals surface area contributed by atoms with E-state index >= 15 is 0 Å². The summed E-state index contributed by atoms with van der Waals surface area (Å²) in [6.07, 6.45) is 1.33. The SMILES string of the molecule is Oc1c(F)cc2cnn(-c3ccc(-c4ccccc4)c(Cl)c3)c2c1F. The molecule has 0 bridgehead atoms. The van der Waals surface area contributed by atoms with Crippen molar-refractivity contribution in [3.05, 3.63) is 77.5 Å². The van der Waals surface area contributed by atoms with Crippen LogP contribution in [0.5, 0.6) is 5.75 Å². The number of phenolic OH excluding ortho intramolecular Hbond substituents is 1. The van der Waals surface area contributed by atoms with Gasteiger partial charge in [-0.1, -0.05) is 48.0 Å². The van der Waals surface area contributed by atoms with Gasteiger partial charge in [0.1, 0.15) is 5.52 Å². The van der Waals surface area contributed by atoms with Gasteiger partial charge >= 0.3 is 0 Å². The second-order valence-electron chi connectivity index (χ2n) is 5.55. The van der Waals surface area contributed by atoms with E-state index < -0.39 is 17.4 Å². The van der Waals surface area contributed by atoms with Crippen LogP contribution in [0.1, 0.15) is 0 Å². The Balaban J connectivity index is 1.88. The van der Waals surface area contributed by atoms with Gasteiger partial charge in [-0.3, -0.25) is 0 Å².